The molecule has 396 valence electrons. The molecule has 4 rings (SSSR count). The van der Waals surface area contributed by atoms with Crippen LogP contribution in [0.4, 0.5) is 0 Å². The molecule has 8 amide bonds. The second kappa shape index (κ2) is 29.4. The number of aliphatic hydroxyl groups is 1. The number of benzene rings is 2. The van der Waals surface area contributed by atoms with Crippen LogP contribution in [-0.2, 0) is 57.6 Å². The van der Waals surface area contributed by atoms with Crippen LogP contribution in [0.3, 0.4) is 0 Å². The first-order valence-electron chi connectivity index (χ1n) is 24.0. The molecule has 25 heteroatoms. The third-order valence-corrected chi connectivity index (χ3v) is 11.7. The van der Waals surface area contributed by atoms with Crippen molar-refractivity contribution in [2.24, 2.45) is 39.6 Å². The summed E-state index contributed by atoms with van der Waals surface area (Å²) in [7, 11) is 0. The van der Waals surface area contributed by atoms with Crippen LogP contribution in [-0.4, -0.2) is 142 Å². The van der Waals surface area contributed by atoms with Crippen molar-refractivity contribution in [3.8, 4) is 0 Å². The van der Waals surface area contributed by atoms with Gasteiger partial charge in [-0.15, -0.1) is 0 Å². The molecule has 20 N–H and O–H groups in total. The van der Waals surface area contributed by atoms with Crippen LogP contribution in [0.15, 0.2) is 78.3 Å². The number of para-hydroxylation sites is 1. The summed E-state index contributed by atoms with van der Waals surface area (Å²) in [5, 5.41) is 28.9. The maximum atomic E-state index is 14.5. The van der Waals surface area contributed by atoms with E-state index in [0.29, 0.717) is 29.7 Å². The number of carbonyl (C=O) groups is 8. The van der Waals surface area contributed by atoms with E-state index in [1.54, 1.807) is 56.4 Å². The third-order valence-electron chi connectivity index (χ3n) is 11.7. The highest BCUT2D eigenvalue weighted by Gasteiger charge is 2.33. The smallest absolute Gasteiger partial charge is 0.245 e. The first-order valence-corrected chi connectivity index (χ1v) is 24.0. The number of unbranched alkanes of at least 4 members (excludes halogenated alkanes) is 1. The Bertz CT molecular complexity index is 2480. The highest BCUT2D eigenvalue weighted by Crippen LogP contribution is 2.20. The number of aromatic amines is 2. The molecule has 25 nitrogen and oxygen atoms in total. The molecule has 0 aliphatic heterocycles. The lowest BCUT2D eigenvalue weighted by Gasteiger charge is -2.26. The molecule has 0 radical (unpaired) electrons. The van der Waals surface area contributed by atoms with Gasteiger partial charge in [-0.25, -0.2) is 4.98 Å². The largest absolute Gasteiger partial charge is 0.394 e. The molecule has 7 atom stereocenters. The Morgan fingerprint density at radius 3 is 1.92 bits per heavy atom. The maximum Gasteiger partial charge on any atom is 0.245 e. The number of primary amides is 1. The number of hydrogen-bond donors (Lipinski definition) is 15. The number of amides is 8. The van der Waals surface area contributed by atoms with E-state index in [0.717, 1.165) is 10.9 Å². The van der Waals surface area contributed by atoms with Gasteiger partial charge in [-0.05, 0) is 61.8 Å². The number of H-pyrrole nitrogens is 2. The molecular formula is C48H70N16O9. The Hall–Kier alpha value is -7.90. The number of carbonyl (C=O) groups excluding carboxylic acids is 8. The lowest BCUT2D eigenvalue weighted by Crippen LogP contribution is -2.59. The second-order valence-corrected chi connectivity index (χ2v) is 17.8. The fraction of sp³-hybridized carbons (Fsp3) is 0.458. The minimum Gasteiger partial charge on any atom is -0.394 e. The number of rotatable bonds is 31. The average Bonchev–Trinajstić information content (AvgIpc) is 4.04. The predicted octanol–water partition coefficient (Wildman–Crippen LogP) is -3.41. The highest BCUT2D eigenvalue weighted by molar-refractivity contribution is 5.97. The topological polar surface area (TPSA) is 428 Å². The summed E-state index contributed by atoms with van der Waals surface area (Å²) in [4.78, 5) is 122. The summed E-state index contributed by atoms with van der Waals surface area (Å²) in [6.07, 6.45) is 5.73. The Balaban J connectivity index is 1.56. The van der Waals surface area contributed by atoms with Crippen LogP contribution in [0.1, 0.15) is 62.8 Å². The number of imidazole rings is 1. The molecule has 0 bridgehead atoms. The SMILES string of the molecule is CC(C)C(NC(=O)C(CO)NC(=O)C(CCCCN)NC(=O)CNC(=O)C(Cc1c[nH]c2ccccc12)NC(=O)C(CCCN=C(N)N)NC(=O)C(Cc1ccccc1)NC(=O)C(N)Cc1cnc[nH]1)C(N)=O. The first-order chi connectivity index (χ1) is 34.9. The van der Waals surface area contributed by atoms with E-state index in [-0.39, 0.29) is 57.6 Å². The Kier molecular flexibility index (Phi) is 23.3. The number of nitrogens with one attached hydrogen (secondary N) is 9. The zero-order valence-electron chi connectivity index (χ0n) is 41.0. The van der Waals surface area contributed by atoms with E-state index in [2.05, 4.69) is 57.2 Å². The van der Waals surface area contributed by atoms with Crippen LogP contribution in [0, 0.1) is 5.92 Å². The number of nitrogens with two attached hydrogens (primary N) is 5. The van der Waals surface area contributed by atoms with E-state index >= 15 is 0 Å². The first kappa shape index (κ1) is 57.7. The fourth-order valence-electron chi connectivity index (χ4n) is 7.69. The van der Waals surface area contributed by atoms with E-state index in [4.69, 9.17) is 28.7 Å². The fourth-order valence-corrected chi connectivity index (χ4v) is 7.69. The normalized spacial score (nSPS) is 14.0. The molecule has 0 fully saturated rings. The number of guanidine groups is 1. The van der Waals surface area contributed by atoms with E-state index in [1.165, 1.54) is 12.5 Å². The molecule has 7 unspecified atom stereocenters. The van der Waals surface area contributed by atoms with Crippen LogP contribution >= 0.6 is 0 Å². The molecule has 0 aliphatic carbocycles. The molecule has 0 saturated carbocycles. The van der Waals surface area contributed by atoms with Gasteiger partial charge in [0.1, 0.15) is 36.3 Å². The lowest BCUT2D eigenvalue weighted by atomic mass is 10.0. The molecule has 73 heavy (non-hydrogen) atoms. The van der Waals surface area contributed by atoms with Gasteiger partial charge in [0.25, 0.3) is 0 Å². The van der Waals surface area contributed by atoms with Crippen molar-refractivity contribution in [2.75, 3.05) is 26.2 Å². The summed E-state index contributed by atoms with van der Waals surface area (Å²) in [6, 6.07) is 7.31. The van der Waals surface area contributed by atoms with E-state index < -0.39 is 109 Å². The summed E-state index contributed by atoms with van der Waals surface area (Å²) >= 11 is 0. The van der Waals surface area contributed by atoms with Crippen molar-refractivity contribution >= 4 is 64.1 Å². The standard InChI is InChI=1S/C48H70N16O9/c1-27(2)40(41(51)67)64-47(73)38(25-65)63-44(70)34(15-8-9-17-49)59-39(66)24-57-43(69)37(20-29-22-56-33-14-7-6-13-31(29)33)62-45(71)35(16-10-18-55-48(52)53)60-46(72)36(19-28-11-4-3-5-12-28)61-42(68)32(50)21-30-23-54-26-58-30/h3-7,11-14,22-23,26-27,32,34-38,40,56,65H,8-10,15-21,24-25,49-50H2,1-2H3,(H2,51,67)(H,54,58)(H,57,69)(H,59,66)(H,60,72)(H,61,68)(H,62,71)(H,63,70)(H,64,73)(H4,52,53,55). The molecule has 0 saturated heterocycles. The lowest BCUT2D eigenvalue weighted by molar-refractivity contribution is -0.135. The highest BCUT2D eigenvalue weighted by atomic mass is 16.3. The summed E-state index contributed by atoms with van der Waals surface area (Å²) in [5.41, 5.74) is 31.1. The third kappa shape index (κ3) is 19.0. The van der Waals surface area contributed by atoms with Crippen LogP contribution in [0.25, 0.3) is 10.9 Å². The molecule has 4 aromatic rings. The van der Waals surface area contributed by atoms with Gasteiger partial charge < -0.3 is 81.0 Å². The summed E-state index contributed by atoms with van der Waals surface area (Å²) in [6.45, 7) is 2.12. The van der Waals surface area contributed by atoms with Crippen LogP contribution in [0.5, 0.6) is 0 Å². The van der Waals surface area contributed by atoms with Gasteiger partial charge >= 0.3 is 0 Å². The minimum absolute atomic E-state index is 0.0216. The molecule has 2 aromatic carbocycles. The van der Waals surface area contributed by atoms with Gasteiger partial charge in [0, 0.05) is 54.8 Å². The zero-order valence-corrected chi connectivity index (χ0v) is 41.0. The minimum atomic E-state index is -1.51. The van der Waals surface area contributed by atoms with Gasteiger partial charge in [0.2, 0.25) is 47.3 Å². The van der Waals surface area contributed by atoms with Gasteiger partial charge in [-0.3, -0.25) is 43.3 Å². The Labute approximate surface area is 422 Å². The number of aliphatic hydroxyl groups excluding tert-OH is 1. The summed E-state index contributed by atoms with van der Waals surface area (Å²) in [5.74, 6) is -6.93. The average molecular weight is 1020 g/mol. The van der Waals surface area contributed by atoms with Gasteiger partial charge in [0.05, 0.1) is 25.5 Å². The Morgan fingerprint density at radius 2 is 1.27 bits per heavy atom. The molecular weight excluding hydrogens is 945 g/mol. The van der Waals surface area contributed by atoms with Crippen molar-refractivity contribution in [1.29, 1.82) is 0 Å². The molecule has 2 aromatic heterocycles. The molecule has 0 spiro atoms. The molecule has 0 aliphatic rings. The number of aromatic nitrogens is 3. The van der Waals surface area contributed by atoms with Gasteiger partial charge in [-0.2, -0.15) is 0 Å². The predicted molar refractivity (Wildman–Crippen MR) is 271 cm³/mol. The van der Waals surface area contributed by atoms with E-state index in [1.807, 2.05) is 18.2 Å². The quantitative estimate of drug-likeness (QED) is 0.0133. The van der Waals surface area contributed by atoms with Gasteiger partial charge in [-0.1, -0.05) is 62.4 Å². The van der Waals surface area contributed by atoms with Crippen molar-refractivity contribution < 1.29 is 43.5 Å². The number of hydrogen-bond acceptors (Lipinski definition) is 13. The van der Waals surface area contributed by atoms with Crippen molar-refractivity contribution in [3.05, 3.63) is 90.1 Å². The van der Waals surface area contributed by atoms with Crippen LogP contribution < -0.4 is 65.9 Å². The molecule has 2 heterocycles. The van der Waals surface area contributed by atoms with Gasteiger partial charge in [0.15, 0.2) is 5.96 Å². The van der Waals surface area contributed by atoms with Crippen molar-refractivity contribution in [2.45, 2.75) is 108 Å². The zero-order chi connectivity index (χ0) is 53.5. The maximum absolute atomic E-state index is 14.5. The van der Waals surface area contributed by atoms with Crippen molar-refractivity contribution in [3.63, 3.8) is 0 Å². The number of nitrogens with zero attached hydrogens (tertiary/aromatic N) is 2. The van der Waals surface area contributed by atoms with Crippen molar-refractivity contribution in [1.82, 2.24) is 52.2 Å². The monoisotopic (exact) mass is 1010 g/mol. The van der Waals surface area contributed by atoms with E-state index in [9.17, 15) is 43.5 Å². The number of fused-ring (bicyclic) bond motifs is 1. The van der Waals surface area contributed by atoms with Crippen LogP contribution in [0.2, 0.25) is 0 Å². The second-order valence-electron chi connectivity index (χ2n) is 17.8. The number of aliphatic imine (C=N–C) groups is 1. The summed E-state index contributed by atoms with van der Waals surface area (Å²) < 4.78 is 0. The Morgan fingerprint density at radius 1 is 0.671 bits per heavy atom.